The lowest BCUT2D eigenvalue weighted by atomic mass is 9.99. The first-order chi connectivity index (χ1) is 6.86. The van der Waals surface area contributed by atoms with Crippen molar-refractivity contribution in [2.75, 3.05) is 20.2 Å². The topological polar surface area (TPSA) is 57.2 Å². The number of ether oxygens (including phenoxy) is 4. The van der Waals surface area contributed by atoms with Gasteiger partial charge in [-0.15, -0.1) is 0 Å². The van der Waals surface area contributed by atoms with Crippen molar-refractivity contribution in [1.29, 1.82) is 0 Å². The van der Waals surface area contributed by atoms with Gasteiger partial charge in [0, 0.05) is 0 Å². The third-order valence-electron chi connectivity index (χ3n) is 2.72. The maximum Gasteiger partial charge on any atom is 0.147 e. The molecule has 0 aliphatic carbocycles. The minimum Gasteiger partial charge on any atom is -0.394 e. The van der Waals surface area contributed by atoms with Crippen molar-refractivity contribution < 1.29 is 24.1 Å². The number of rotatable bonds is 2. The molecule has 5 nitrogen and oxygen atoms in total. The Labute approximate surface area is 82.9 Å². The van der Waals surface area contributed by atoms with Gasteiger partial charge in [-0.3, -0.25) is 0 Å². The fraction of sp³-hybridized carbons (Fsp3) is 1.00. The Morgan fingerprint density at radius 2 is 1.57 bits per heavy atom. The maximum atomic E-state index is 9.09. The minimum atomic E-state index is -0.285. The van der Waals surface area contributed by atoms with Gasteiger partial charge in [0.2, 0.25) is 0 Å². The molecule has 2 fully saturated rings. The van der Waals surface area contributed by atoms with Crippen LogP contribution in [0.4, 0.5) is 0 Å². The van der Waals surface area contributed by atoms with Gasteiger partial charge < -0.3 is 24.1 Å². The Kier molecular flexibility index (Phi) is 3.35. The summed E-state index contributed by atoms with van der Waals surface area (Å²) in [5.74, 6) is 0. The third kappa shape index (κ3) is 1.78. The molecule has 0 saturated carbocycles. The summed E-state index contributed by atoms with van der Waals surface area (Å²) in [6.45, 7) is 2.46. The van der Waals surface area contributed by atoms with Gasteiger partial charge in [0.05, 0.1) is 12.7 Å². The van der Waals surface area contributed by atoms with E-state index in [0.717, 1.165) is 6.42 Å². The normalized spacial score (nSPS) is 43.3. The minimum absolute atomic E-state index is 0.0407. The summed E-state index contributed by atoms with van der Waals surface area (Å²) in [5, 5.41) is 9.09. The van der Waals surface area contributed by atoms with E-state index in [2.05, 4.69) is 0 Å². The average Bonchev–Trinajstić information content (AvgIpc) is 2.27. The molecule has 2 rings (SSSR count). The van der Waals surface area contributed by atoms with Crippen molar-refractivity contribution in [1.82, 2.24) is 0 Å². The highest BCUT2D eigenvalue weighted by molar-refractivity contribution is 4.88. The molecule has 2 aliphatic rings. The summed E-state index contributed by atoms with van der Waals surface area (Å²) >= 11 is 0. The average molecular weight is 204 g/mol. The predicted octanol–water partition coefficient (Wildman–Crippen LogP) is -0.128. The number of aliphatic hydroxyl groups excluding tert-OH is 1. The Bertz CT molecular complexity index is 166. The van der Waals surface area contributed by atoms with Gasteiger partial charge in [-0.1, -0.05) is 6.92 Å². The predicted molar refractivity (Wildman–Crippen MR) is 46.6 cm³/mol. The zero-order chi connectivity index (χ0) is 9.97. The number of aliphatic hydroxyl groups is 1. The molecule has 2 saturated heterocycles. The fourth-order valence-electron chi connectivity index (χ4n) is 1.93. The quantitative estimate of drug-likeness (QED) is 0.679. The molecule has 0 bridgehead atoms. The Hall–Kier alpha value is -0.200. The van der Waals surface area contributed by atoms with E-state index in [1.807, 2.05) is 6.92 Å². The van der Waals surface area contributed by atoms with Crippen LogP contribution in [0, 0.1) is 0 Å². The largest absolute Gasteiger partial charge is 0.394 e. The van der Waals surface area contributed by atoms with Crippen LogP contribution in [0.25, 0.3) is 0 Å². The molecule has 4 unspecified atom stereocenters. The summed E-state index contributed by atoms with van der Waals surface area (Å²) in [6.07, 6.45) is 0.327. The molecule has 0 spiro atoms. The van der Waals surface area contributed by atoms with Crippen molar-refractivity contribution in [2.24, 2.45) is 0 Å². The van der Waals surface area contributed by atoms with Gasteiger partial charge in [0.15, 0.2) is 0 Å². The van der Waals surface area contributed by atoms with Gasteiger partial charge in [0.25, 0.3) is 0 Å². The van der Waals surface area contributed by atoms with E-state index in [1.165, 1.54) is 0 Å². The number of hydrogen-bond donors (Lipinski definition) is 1. The van der Waals surface area contributed by atoms with E-state index < -0.39 is 0 Å². The van der Waals surface area contributed by atoms with Crippen LogP contribution in [-0.4, -0.2) is 49.7 Å². The smallest absolute Gasteiger partial charge is 0.147 e. The highest BCUT2D eigenvalue weighted by atomic mass is 16.8. The number of fused-ring (bicyclic) bond motifs is 1. The van der Waals surface area contributed by atoms with Crippen LogP contribution in [0.2, 0.25) is 0 Å². The first kappa shape index (κ1) is 10.3. The standard InChI is InChI=1S/C9H16O5/c1-2-6-8-9(14-4-11-6)7(3-10)12-5-13-8/h6-10H,2-5H2,1H3. The molecule has 4 atom stereocenters. The van der Waals surface area contributed by atoms with Crippen LogP contribution < -0.4 is 0 Å². The second-order valence-corrected chi connectivity index (χ2v) is 3.50. The van der Waals surface area contributed by atoms with E-state index in [9.17, 15) is 0 Å². The van der Waals surface area contributed by atoms with Crippen LogP contribution in [0.5, 0.6) is 0 Å². The lowest BCUT2D eigenvalue weighted by Gasteiger charge is -2.43. The van der Waals surface area contributed by atoms with Crippen molar-refractivity contribution in [2.45, 2.75) is 37.8 Å². The molecule has 0 radical (unpaired) electrons. The van der Waals surface area contributed by atoms with Crippen molar-refractivity contribution in [3.63, 3.8) is 0 Å². The Balaban J connectivity index is 2.04. The second-order valence-electron chi connectivity index (χ2n) is 3.50. The first-order valence-electron chi connectivity index (χ1n) is 4.94. The second kappa shape index (κ2) is 4.55. The van der Waals surface area contributed by atoms with E-state index in [4.69, 9.17) is 24.1 Å². The van der Waals surface area contributed by atoms with E-state index in [-0.39, 0.29) is 44.6 Å². The summed E-state index contributed by atoms with van der Waals surface area (Å²) in [6, 6.07) is 0. The summed E-state index contributed by atoms with van der Waals surface area (Å²) in [5.41, 5.74) is 0. The highest BCUT2D eigenvalue weighted by Gasteiger charge is 2.43. The maximum absolute atomic E-state index is 9.09. The van der Waals surface area contributed by atoms with Crippen LogP contribution in [0.1, 0.15) is 13.3 Å². The molecule has 0 amide bonds. The monoisotopic (exact) mass is 204 g/mol. The molecule has 0 aromatic rings. The van der Waals surface area contributed by atoms with Crippen LogP contribution in [0.15, 0.2) is 0 Å². The van der Waals surface area contributed by atoms with Crippen molar-refractivity contribution >= 4 is 0 Å². The molecular weight excluding hydrogens is 188 g/mol. The van der Waals surface area contributed by atoms with Gasteiger partial charge >= 0.3 is 0 Å². The van der Waals surface area contributed by atoms with E-state index in [1.54, 1.807) is 0 Å². The summed E-state index contributed by atoms with van der Waals surface area (Å²) < 4.78 is 21.5. The van der Waals surface area contributed by atoms with Gasteiger partial charge in [-0.05, 0) is 6.42 Å². The van der Waals surface area contributed by atoms with Crippen LogP contribution >= 0.6 is 0 Å². The van der Waals surface area contributed by atoms with Crippen molar-refractivity contribution in [3.05, 3.63) is 0 Å². The summed E-state index contributed by atoms with van der Waals surface area (Å²) in [7, 11) is 0. The summed E-state index contributed by atoms with van der Waals surface area (Å²) in [4.78, 5) is 0. The lowest BCUT2D eigenvalue weighted by Crippen LogP contribution is -2.57. The lowest BCUT2D eigenvalue weighted by molar-refractivity contribution is -0.325. The van der Waals surface area contributed by atoms with Crippen LogP contribution in [0.3, 0.4) is 0 Å². The SMILES string of the molecule is CCC1OCOC2C(CO)OCOC12. The van der Waals surface area contributed by atoms with E-state index >= 15 is 0 Å². The molecule has 14 heavy (non-hydrogen) atoms. The molecule has 0 aromatic carbocycles. The fourth-order valence-corrected chi connectivity index (χ4v) is 1.93. The molecule has 2 aliphatic heterocycles. The Morgan fingerprint density at radius 3 is 2.14 bits per heavy atom. The number of hydrogen-bond acceptors (Lipinski definition) is 5. The highest BCUT2D eigenvalue weighted by Crippen LogP contribution is 2.26. The van der Waals surface area contributed by atoms with Gasteiger partial charge in [-0.2, -0.15) is 0 Å². The first-order valence-corrected chi connectivity index (χ1v) is 4.94. The van der Waals surface area contributed by atoms with Gasteiger partial charge in [0.1, 0.15) is 31.9 Å². The molecule has 0 aromatic heterocycles. The molecule has 5 heteroatoms. The molecular formula is C9H16O5. The third-order valence-corrected chi connectivity index (χ3v) is 2.72. The zero-order valence-electron chi connectivity index (χ0n) is 8.22. The van der Waals surface area contributed by atoms with Crippen LogP contribution in [-0.2, 0) is 18.9 Å². The molecule has 1 N–H and O–H groups in total. The Morgan fingerprint density at radius 1 is 1.00 bits per heavy atom. The van der Waals surface area contributed by atoms with Crippen molar-refractivity contribution in [3.8, 4) is 0 Å². The molecule has 82 valence electrons. The van der Waals surface area contributed by atoms with Gasteiger partial charge in [-0.25, -0.2) is 0 Å². The van der Waals surface area contributed by atoms with E-state index in [0.29, 0.717) is 0 Å². The zero-order valence-corrected chi connectivity index (χ0v) is 8.22. The molecule has 2 heterocycles.